The van der Waals surface area contributed by atoms with Crippen molar-refractivity contribution in [3.8, 4) is 0 Å². The van der Waals surface area contributed by atoms with Crippen LogP contribution in [-0.2, 0) is 6.54 Å². The second-order valence-corrected chi connectivity index (χ2v) is 6.66. The summed E-state index contributed by atoms with van der Waals surface area (Å²) in [4.78, 5) is 2.09. The predicted molar refractivity (Wildman–Crippen MR) is 77.4 cm³/mol. The lowest BCUT2D eigenvalue weighted by Crippen LogP contribution is -2.35. The van der Waals surface area contributed by atoms with Crippen molar-refractivity contribution in [3.05, 3.63) is 33.8 Å². The first kappa shape index (κ1) is 15.2. The van der Waals surface area contributed by atoms with Gasteiger partial charge in [-0.1, -0.05) is 0 Å². The minimum atomic E-state index is -0.493. The first-order valence-corrected chi connectivity index (χ1v) is 7.70. The molecule has 2 rings (SSSR count). The molecule has 0 radical (unpaired) electrons. The van der Waals surface area contributed by atoms with Crippen LogP contribution in [0.2, 0.25) is 0 Å². The smallest absolute Gasteiger partial charge is 0.144 e. The number of nitrogens with zero attached hydrogens (tertiary/aromatic N) is 1. The van der Waals surface area contributed by atoms with Gasteiger partial charge in [0, 0.05) is 17.5 Å². The molecule has 0 amide bonds. The molecule has 0 aromatic heterocycles. The topological polar surface area (TPSA) is 3.24 Å². The Morgan fingerprint density at radius 2 is 2.00 bits per heavy atom. The van der Waals surface area contributed by atoms with Crippen molar-refractivity contribution in [1.29, 1.82) is 0 Å². The minimum absolute atomic E-state index is 0.145. The Hall–Kier alpha value is -0.190. The van der Waals surface area contributed by atoms with Crippen molar-refractivity contribution in [2.45, 2.75) is 31.7 Å². The first-order chi connectivity index (χ1) is 8.99. The van der Waals surface area contributed by atoms with Gasteiger partial charge in [0.1, 0.15) is 11.6 Å². The van der Waals surface area contributed by atoms with Gasteiger partial charge in [-0.25, -0.2) is 8.78 Å². The van der Waals surface area contributed by atoms with Crippen LogP contribution in [0.25, 0.3) is 0 Å². The summed E-state index contributed by atoms with van der Waals surface area (Å²) in [5.41, 5.74) is 0.145. The zero-order chi connectivity index (χ0) is 14.0. The van der Waals surface area contributed by atoms with E-state index in [0.717, 1.165) is 25.9 Å². The van der Waals surface area contributed by atoms with E-state index in [9.17, 15) is 8.78 Å². The molecule has 1 heterocycles. The third-order valence-electron chi connectivity index (χ3n) is 3.80. The number of benzene rings is 1. The number of alkyl halides is 1. The number of likely N-dealkylation sites (tertiary alicyclic amines) is 1. The van der Waals surface area contributed by atoms with Gasteiger partial charge >= 0.3 is 0 Å². The molecular weight excluding hydrogens is 336 g/mol. The van der Waals surface area contributed by atoms with Gasteiger partial charge in [0.25, 0.3) is 0 Å². The number of hydrogen-bond acceptors (Lipinski definition) is 1. The van der Waals surface area contributed by atoms with E-state index in [1.165, 1.54) is 12.1 Å². The van der Waals surface area contributed by atoms with Crippen LogP contribution in [-0.4, -0.2) is 23.4 Å². The lowest BCUT2D eigenvalue weighted by atomic mass is 9.94. The predicted octanol–water partition coefficient (Wildman–Crippen LogP) is 4.57. The Labute approximate surface area is 126 Å². The maximum absolute atomic E-state index is 13.9. The molecule has 1 unspecified atom stereocenters. The molecule has 1 aromatic rings. The Kier molecular flexibility index (Phi) is 5.21. The van der Waals surface area contributed by atoms with E-state index in [2.05, 4.69) is 20.8 Å². The standard InChI is InChI=1S/C14H17BrClF2N/c1-9(16)10-4-6-19(7-5-10)8-11-13(17)3-2-12(15)14(11)18/h2-3,9-10H,4-8H2,1H3. The maximum atomic E-state index is 13.9. The zero-order valence-electron chi connectivity index (χ0n) is 10.8. The Balaban J connectivity index is 2.02. The number of hydrogen-bond donors (Lipinski definition) is 0. The summed E-state index contributed by atoms with van der Waals surface area (Å²) in [6.45, 7) is 4.01. The molecule has 1 aliphatic heterocycles. The van der Waals surface area contributed by atoms with Gasteiger partial charge in [-0.15, -0.1) is 11.6 Å². The molecule has 19 heavy (non-hydrogen) atoms. The van der Waals surface area contributed by atoms with E-state index in [1.54, 1.807) is 0 Å². The number of halogens is 4. The highest BCUT2D eigenvalue weighted by molar-refractivity contribution is 9.10. The normalized spacial score (nSPS) is 19.6. The fourth-order valence-corrected chi connectivity index (χ4v) is 3.13. The Morgan fingerprint density at radius 3 is 2.58 bits per heavy atom. The molecule has 0 bridgehead atoms. The van der Waals surface area contributed by atoms with Crippen molar-refractivity contribution >= 4 is 27.5 Å². The van der Waals surface area contributed by atoms with Crippen molar-refractivity contribution in [2.75, 3.05) is 13.1 Å². The van der Waals surface area contributed by atoms with Crippen LogP contribution < -0.4 is 0 Å². The molecule has 0 aliphatic carbocycles. The average molecular weight is 353 g/mol. The van der Waals surface area contributed by atoms with E-state index in [-0.39, 0.29) is 10.9 Å². The highest BCUT2D eigenvalue weighted by Gasteiger charge is 2.24. The molecule has 1 aromatic carbocycles. The van der Waals surface area contributed by atoms with Gasteiger partial charge in [0.05, 0.1) is 4.47 Å². The molecule has 1 atom stereocenters. The van der Waals surface area contributed by atoms with Gasteiger partial charge in [-0.3, -0.25) is 4.90 Å². The molecule has 1 fully saturated rings. The van der Waals surface area contributed by atoms with E-state index in [1.807, 2.05) is 6.92 Å². The summed E-state index contributed by atoms with van der Waals surface area (Å²) >= 11 is 9.19. The minimum Gasteiger partial charge on any atom is -0.299 e. The number of piperidine rings is 1. The molecule has 1 nitrogen and oxygen atoms in total. The van der Waals surface area contributed by atoms with E-state index in [0.29, 0.717) is 16.9 Å². The molecule has 0 spiro atoms. The maximum Gasteiger partial charge on any atom is 0.144 e. The third kappa shape index (κ3) is 3.67. The molecule has 106 valence electrons. The summed E-state index contributed by atoms with van der Waals surface area (Å²) in [6.07, 6.45) is 1.98. The summed E-state index contributed by atoms with van der Waals surface area (Å²) in [5.74, 6) is -0.462. The lowest BCUT2D eigenvalue weighted by Gasteiger charge is -2.33. The van der Waals surface area contributed by atoms with Gasteiger partial charge in [-0.05, 0) is 66.8 Å². The van der Waals surface area contributed by atoms with Gasteiger partial charge in [-0.2, -0.15) is 0 Å². The SMILES string of the molecule is CC(Cl)C1CCN(Cc2c(F)ccc(Br)c2F)CC1. The lowest BCUT2D eigenvalue weighted by molar-refractivity contribution is 0.173. The number of rotatable bonds is 3. The Morgan fingerprint density at radius 1 is 1.37 bits per heavy atom. The van der Waals surface area contributed by atoms with Crippen molar-refractivity contribution in [1.82, 2.24) is 4.90 Å². The van der Waals surface area contributed by atoms with Crippen LogP contribution in [0.3, 0.4) is 0 Å². The molecule has 1 saturated heterocycles. The van der Waals surface area contributed by atoms with Crippen LogP contribution in [0.5, 0.6) is 0 Å². The quantitative estimate of drug-likeness (QED) is 0.569. The molecule has 1 aliphatic rings. The fourth-order valence-electron chi connectivity index (χ4n) is 2.51. The van der Waals surface area contributed by atoms with Crippen molar-refractivity contribution in [3.63, 3.8) is 0 Å². The molecular formula is C14H17BrClF2N. The summed E-state index contributed by atoms with van der Waals surface area (Å²) in [5, 5.41) is 0.168. The largest absolute Gasteiger partial charge is 0.299 e. The average Bonchev–Trinajstić information content (AvgIpc) is 2.40. The zero-order valence-corrected chi connectivity index (χ0v) is 13.1. The first-order valence-electron chi connectivity index (χ1n) is 6.48. The van der Waals surface area contributed by atoms with Crippen LogP contribution in [0.15, 0.2) is 16.6 Å². The Bertz CT molecular complexity index is 445. The van der Waals surface area contributed by atoms with Crippen molar-refractivity contribution < 1.29 is 8.78 Å². The van der Waals surface area contributed by atoms with Gasteiger partial charge < -0.3 is 0 Å². The van der Waals surface area contributed by atoms with Gasteiger partial charge in [0.2, 0.25) is 0 Å². The van der Waals surface area contributed by atoms with Gasteiger partial charge in [0.15, 0.2) is 0 Å². The van der Waals surface area contributed by atoms with E-state index >= 15 is 0 Å². The van der Waals surface area contributed by atoms with Crippen molar-refractivity contribution in [2.24, 2.45) is 5.92 Å². The van der Waals surface area contributed by atoms with Crippen LogP contribution in [0, 0.1) is 17.6 Å². The highest BCUT2D eigenvalue weighted by Crippen LogP contribution is 2.27. The van der Waals surface area contributed by atoms with Crippen LogP contribution in [0.4, 0.5) is 8.78 Å². The summed E-state index contributed by atoms with van der Waals surface area (Å²) in [7, 11) is 0. The van der Waals surface area contributed by atoms with Crippen LogP contribution >= 0.6 is 27.5 Å². The summed E-state index contributed by atoms with van der Waals surface area (Å²) in [6, 6.07) is 2.70. The molecule has 5 heteroatoms. The monoisotopic (exact) mass is 351 g/mol. The summed E-state index contributed by atoms with van der Waals surface area (Å²) < 4.78 is 27.9. The van der Waals surface area contributed by atoms with E-state index < -0.39 is 11.6 Å². The third-order valence-corrected chi connectivity index (χ3v) is 4.77. The molecule has 0 N–H and O–H groups in total. The second-order valence-electron chi connectivity index (χ2n) is 5.11. The van der Waals surface area contributed by atoms with E-state index in [4.69, 9.17) is 11.6 Å². The fraction of sp³-hybridized carbons (Fsp3) is 0.571. The second kappa shape index (κ2) is 6.51. The van der Waals surface area contributed by atoms with Crippen LogP contribution in [0.1, 0.15) is 25.3 Å². The highest BCUT2D eigenvalue weighted by atomic mass is 79.9. The molecule has 0 saturated carbocycles.